The van der Waals surface area contributed by atoms with E-state index in [0.29, 0.717) is 138 Å². The molecule has 1 atom stereocenters. The van der Waals surface area contributed by atoms with Gasteiger partial charge in [-0.25, -0.2) is 0 Å². The number of allylic oxidation sites excluding steroid dienone is 2. The molecule has 0 aromatic heterocycles. The number of ether oxygens (including phenoxy) is 10. The van der Waals surface area contributed by atoms with Crippen LogP contribution < -0.4 is 0 Å². The molecule has 60 heavy (non-hydrogen) atoms. The molecule has 1 fully saturated rings. The first-order valence-electron chi connectivity index (χ1n) is 23.7. The zero-order chi connectivity index (χ0) is 43.1. The number of piperazine rings is 1. The minimum Gasteiger partial charge on any atom is -0.481 e. The second-order valence-electron chi connectivity index (χ2n) is 15.5. The third-order valence-electron chi connectivity index (χ3n) is 10.2. The molecule has 14 heteroatoms. The number of carboxylic acids is 1. The Labute approximate surface area is 365 Å². The standard InChI is InChI=1S/C46H90N2O12/c1-3-4-5-6-7-8-9-10-11-12-13-14-15-16-17-18-24-51-26-28-53-30-32-55-34-36-57-38-40-59-42-43-60-41-39-58-37-35-56-33-31-54-29-27-52-25-19-45(46(49)50)44-48-22-20-47(2)21-23-48/h10-11,45H,3-9,12-44H2,1-2H3,(H,49,50)/b11-10-. The van der Waals surface area contributed by atoms with E-state index in [1.165, 1.54) is 83.5 Å². The molecule has 0 amide bonds. The summed E-state index contributed by atoms with van der Waals surface area (Å²) in [5.41, 5.74) is 0. The van der Waals surface area contributed by atoms with Crippen LogP contribution in [0.15, 0.2) is 12.2 Å². The SMILES string of the molecule is CCCCCCCC/C=C\CCCCCCCCOCCOCCOCCOCCOCCOCCOCCOCCOCCOCCC(CN1CCN(C)CC1)C(=O)O. The highest BCUT2D eigenvalue weighted by atomic mass is 16.6. The van der Waals surface area contributed by atoms with Crippen LogP contribution in [0, 0.1) is 5.92 Å². The quantitative estimate of drug-likeness (QED) is 0.0525. The highest BCUT2D eigenvalue weighted by Crippen LogP contribution is 2.11. The van der Waals surface area contributed by atoms with Crippen LogP contribution in [0.2, 0.25) is 0 Å². The van der Waals surface area contributed by atoms with Crippen molar-refractivity contribution in [3.63, 3.8) is 0 Å². The van der Waals surface area contributed by atoms with Crippen molar-refractivity contribution in [2.45, 2.75) is 103 Å². The monoisotopic (exact) mass is 863 g/mol. The summed E-state index contributed by atoms with van der Waals surface area (Å²) in [4.78, 5) is 16.1. The number of hydrogen-bond donors (Lipinski definition) is 1. The summed E-state index contributed by atoms with van der Waals surface area (Å²) >= 11 is 0. The smallest absolute Gasteiger partial charge is 0.307 e. The second kappa shape index (κ2) is 47.2. The van der Waals surface area contributed by atoms with Gasteiger partial charge in [0.1, 0.15) is 0 Å². The summed E-state index contributed by atoms with van der Waals surface area (Å²) in [5, 5.41) is 9.54. The fourth-order valence-electron chi connectivity index (χ4n) is 6.39. The van der Waals surface area contributed by atoms with E-state index in [0.717, 1.165) is 39.2 Å². The molecule has 14 nitrogen and oxygen atoms in total. The van der Waals surface area contributed by atoms with Crippen molar-refractivity contribution in [3.05, 3.63) is 12.2 Å². The average Bonchev–Trinajstić information content (AvgIpc) is 3.25. The van der Waals surface area contributed by atoms with Crippen molar-refractivity contribution in [1.82, 2.24) is 9.80 Å². The van der Waals surface area contributed by atoms with Crippen LogP contribution in [0.25, 0.3) is 0 Å². The lowest BCUT2D eigenvalue weighted by molar-refractivity contribution is -0.143. The largest absolute Gasteiger partial charge is 0.481 e. The first-order valence-corrected chi connectivity index (χ1v) is 23.7. The minimum atomic E-state index is -0.758. The van der Waals surface area contributed by atoms with Gasteiger partial charge in [0.15, 0.2) is 0 Å². The predicted molar refractivity (Wildman–Crippen MR) is 237 cm³/mol. The molecule has 1 aliphatic heterocycles. The minimum absolute atomic E-state index is 0.408. The van der Waals surface area contributed by atoms with E-state index in [1.54, 1.807) is 0 Å². The number of carboxylic acid groups (broad SMARTS) is 1. The highest BCUT2D eigenvalue weighted by Gasteiger charge is 2.23. The molecule has 0 aromatic carbocycles. The van der Waals surface area contributed by atoms with Crippen LogP contribution in [0.3, 0.4) is 0 Å². The van der Waals surface area contributed by atoms with Crippen molar-refractivity contribution < 1.29 is 57.3 Å². The molecule has 1 aliphatic rings. The molecule has 1 saturated heterocycles. The zero-order valence-corrected chi connectivity index (χ0v) is 38.3. The van der Waals surface area contributed by atoms with Gasteiger partial charge < -0.3 is 57.4 Å². The van der Waals surface area contributed by atoms with E-state index < -0.39 is 11.9 Å². The van der Waals surface area contributed by atoms with Crippen LogP contribution in [-0.4, -0.2) is 193 Å². The van der Waals surface area contributed by atoms with Gasteiger partial charge in [-0.1, -0.05) is 76.9 Å². The fraction of sp³-hybridized carbons (Fsp3) is 0.935. The molecule has 1 N–H and O–H groups in total. The number of rotatable bonds is 49. The fourth-order valence-corrected chi connectivity index (χ4v) is 6.39. The van der Waals surface area contributed by atoms with E-state index in [1.807, 2.05) is 0 Å². The molecular formula is C46H90N2O12. The van der Waals surface area contributed by atoms with Gasteiger partial charge in [0.25, 0.3) is 0 Å². The molecule has 0 spiro atoms. The van der Waals surface area contributed by atoms with Gasteiger partial charge in [-0.3, -0.25) is 9.69 Å². The van der Waals surface area contributed by atoms with Gasteiger partial charge >= 0.3 is 5.97 Å². The molecule has 1 unspecified atom stereocenters. The third-order valence-corrected chi connectivity index (χ3v) is 10.2. The maximum atomic E-state index is 11.6. The van der Waals surface area contributed by atoms with Crippen LogP contribution >= 0.6 is 0 Å². The number of aliphatic carboxylic acids is 1. The van der Waals surface area contributed by atoms with Crippen molar-refractivity contribution in [1.29, 1.82) is 0 Å². The molecule has 0 radical (unpaired) electrons. The van der Waals surface area contributed by atoms with Gasteiger partial charge in [0.2, 0.25) is 0 Å². The van der Waals surface area contributed by atoms with E-state index in [9.17, 15) is 9.90 Å². The summed E-state index contributed by atoms with van der Waals surface area (Å²) in [5.74, 6) is -1.17. The van der Waals surface area contributed by atoms with Crippen molar-refractivity contribution in [2.75, 3.05) is 172 Å². The van der Waals surface area contributed by atoms with E-state index in [2.05, 4.69) is 35.9 Å². The summed E-state index contributed by atoms with van der Waals surface area (Å²) in [6, 6.07) is 0. The van der Waals surface area contributed by atoms with Crippen molar-refractivity contribution in [3.8, 4) is 0 Å². The van der Waals surface area contributed by atoms with Gasteiger partial charge in [0, 0.05) is 45.9 Å². The van der Waals surface area contributed by atoms with E-state index in [-0.39, 0.29) is 0 Å². The molecule has 0 aliphatic carbocycles. The van der Waals surface area contributed by atoms with Crippen LogP contribution in [0.5, 0.6) is 0 Å². The van der Waals surface area contributed by atoms with Crippen LogP contribution in [0.1, 0.15) is 103 Å². The Kier molecular flexibility index (Phi) is 44.7. The van der Waals surface area contributed by atoms with Crippen molar-refractivity contribution >= 4 is 5.97 Å². The highest BCUT2D eigenvalue weighted by molar-refractivity contribution is 5.70. The predicted octanol–water partition coefficient (Wildman–Crippen LogP) is 6.53. The number of hydrogen-bond acceptors (Lipinski definition) is 13. The molecule has 0 saturated carbocycles. The molecule has 1 rings (SSSR count). The lowest BCUT2D eigenvalue weighted by Gasteiger charge is -2.33. The normalized spacial score (nSPS) is 14.5. The number of likely N-dealkylation sites (N-methyl/N-ethyl adjacent to an activating group) is 1. The van der Waals surface area contributed by atoms with E-state index >= 15 is 0 Å². The van der Waals surface area contributed by atoms with Gasteiger partial charge in [-0.05, 0) is 45.6 Å². The van der Waals surface area contributed by atoms with Gasteiger partial charge in [-0.2, -0.15) is 0 Å². The van der Waals surface area contributed by atoms with Crippen LogP contribution in [-0.2, 0) is 52.2 Å². The summed E-state index contributed by atoms with van der Waals surface area (Å²) < 4.78 is 55.6. The first-order chi connectivity index (χ1) is 29.6. The Bertz CT molecular complexity index is 897. The average molecular weight is 863 g/mol. The van der Waals surface area contributed by atoms with Gasteiger partial charge in [0.05, 0.1) is 125 Å². The van der Waals surface area contributed by atoms with Gasteiger partial charge in [-0.15, -0.1) is 0 Å². The third kappa shape index (κ3) is 42.1. The Morgan fingerprint density at radius 1 is 0.450 bits per heavy atom. The maximum absolute atomic E-state index is 11.6. The Hall–Kier alpha value is -1.27. The summed E-state index contributed by atoms with van der Waals surface area (Å²) in [6.07, 6.45) is 23.7. The maximum Gasteiger partial charge on any atom is 0.307 e. The number of carbonyl (C=O) groups is 1. The van der Waals surface area contributed by atoms with Crippen molar-refractivity contribution in [2.24, 2.45) is 5.92 Å². The lowest BCUT2D eigenvalue weighted by Crippen LogP contribution is -2.47. The van der Waals surface area contributed by atoms with Crippen LogP contribution in [0.4, 0.5) is 0 Å². The lowest BCUT2D eigenvalue weighted by atomic mass is 10.1. The Morgan fingerprint density at radius 2 is 0.767 bits per heavy atom. The Morgan fingerprint density at radius 3 is 1.13 bits per heavy atom. The van der Waals surface area contributed by atoms with E-state index in [4.69, 9.17) is 47.4 Å². The molecule has 0 bridgehead atoms. The zero-order valence-electron chi connectivity index (χ0n) is 38.3. The molecule has 0 aromatic rings. The first kappa shape index (κ1) is 56.7. The Balaban J connectivity index is 1.65. The second-order valence-corrected chi connectivity index (χ2v) is 15.5. The summed E-state index contributed by atoms with van der Waals surface area (Å²) in [7, 11) is 2.09. The summed E-state index contributed by atoms with van der Waals surface area (Å²) in [6.45, 7) is 17.1. The molecule has 1 heterocycles. The number of nitrogens with zero attached hydrogens (tertiary/aromatic N) is 2. The number of unbranched alkanes of at least 4 members (excludes halogenated alkanes) is 12. The topological polar surface area (TPSA) is 136 Å². The molecular weight excluding hydrogens is 773 g/mol. The molecule has 356 valence electrons.